The Bertz CT molecular complexity index is 969. The van der Waals surface area contributed by atoms with Crippen molar-refractivity contribution in [3.63, 3.8) is 0 Å². The van der Waals surface area contributed by atoms with Gasteiger partial charge in [-0.3, -0.25) is 9.93 Å². The molecule has 13 nitrogen and oxygen atoms in total. The van der Waals surface area contributed by atoms with E-state index in [1.807, 2.05) is 0 Å². The lowest BCUT2D eigenvalue weighted by atomic mass is 10.1. The maximum atomic E-state index is 10.9. The number of hydrogen-bond acceptors (Lipinski definition) is 10. The van der Waals surface area contributed by atoms with E-state index < -0.39 is 39.0 Å². The predicted molar refractivity (Wildman–Crippen MR) is 111 cm³/mol. The van der Waals surface area contributed by atoms with Gasteiger partial charge in [0.15, 0.2) is 10.5 Å². The number of phosphoric acid groups is 1. The maximum absolute atomic E-state index is 10.9. The smallest absolute Gasteiger partial charge is 0.469 e. The molecule has 0 unspecified atom stereocenters. The lowest BCUT2D eigenvalue weighted by Crippen LogP contribution is -2.44. The van der Waals surface area contributed by atoms with E-state index >= 15 is 0 Å². The Labute approximate surface area is 181 Å². The van der Waals surface area contributed by atoms with Crippen molar-refractivity contribution in [1.29, 1.82) is 5.41 Å². The second-order valence-corrected chi connectivity index (χ2v) is 8.87. The van der Waals surface area contributed by atoms with Crippen LogP contribution < -0.4 is 0 Å². The molecule has 16 heteroatoms. The number of aliphatic hydroxyl groups is 3. The second kappa shape index (κ2) is 9.30. The van der Waals surface area contributed by atoms with Gasteiger partial charge >= 0.3 is 13.7 Å². The number of nitrogens with one attached hydrogen (secondary N) is 1. The van der Waals surface area contributed by atoms with Crippen molar-refractivity contribution in [2.45, 2.75) is 24.5 Å². The number of fused-ring (bicyclic) bond motifs is 1. The molecule has 1 fully saturated rings. The predicted octanol–water partition coefficient (Wildman–Crippen LogP) is -0.176. The fourth-order valence-corrected chi connectivity index (χ4v) is 3.68. The van der Waals surface area contributed by atoms with E-state index in [1.165, 1.54) is 23.1 Å². The van der Waals surface area contributed by atoms with Gasteiger partial charge in [-0.1, -0.05) is 11.1 Å². The van der Waals surface area contributed by atoms with Gasteiger partial charge in [0.1, 0.15) is 18.3 Å². The molecule has 0 bridgehead atoms. The third kappa shape index (κ3) is 5.38. The number of ether oxygens (including phenoxy) is 1. The van der Waals surface area contributed by atoms with Gasteiger partial charge in [-0.25, -0.2) is 4.57 Å². The zero-order chi connectivity index (χ0) is 22.1. The monoisotopic (exact) mass is 524 g/mol. The summed E-state index contributed by atoms with van der Waals surface area (Å²) >= 11 is 3.92. The minimum absolute atomic E-state index is 0.0711. The van der Waals surface area contributed by atoms with Crippen molar-refractivity contribution >= 4 is 64.4 Å². The number of thioether (sulfide) groups is 1. The minimum Gasteiger partial charge on any atom is -0.502 e. The average Bonchev–Trinajstić information content (AvgIpc) is 3.19. The van der Waals surface area contributed by atoms with E-state index in [2.05, 4.69) is 35.4 Å². The van der Waals surface area contributed by atoms with E-state index in [0.29, 0.717) is 0 Å². The number of nitrogens with zero attached hydrogens (tertiary/aromatic N) is 4. The van der Waals surface area contributed by atoms with Crippen molar-refractivity contribution in [3.05, 3.63) is 22.2 Å². The molecule has 0 aromatic heterocycles. The summed E-state index contributed by atoms with van der Waals surface area (Å²) in [5.41, 5.74) is 0.126. The summed E-state index contributed by atoms with van der Waals surface area (Å²) in [6, 6.07) is 0. The number of rotatable bonds is 6. The first kappa shape index (κ1) is 23.1. The highest BCUT2D eigenvalue weighted by molar-refractivity contribution is 9.11. The largest absolute Gasteiger partial charge is 0.502 e. The van der Waals surface area contributed by atoms with E-state index in [4.69, 9.17) is 25.0 Å². The van der Waals surface area contributed by atoms with Crippen molar-refractivity contribution in [3.8, 4) is 0 Å². The molecule has 3 heterocycles. The lowest BCUT2D eigenvalue weighted by Gasteiger charge is -2.16. The molecule has 0 aliphatic carbocycles. The standard InChI is InChI=1S/C14H15BrN5O8PS/c15-7(21)2-1-3-30-14-18-11(16)8-12(19-14)20(5-17-8)13-10(23)9(22)6(28-13)4-27-29(24,25)26/h1-3,5-6,9-10,13,16,22-23H,4H2,(H2-,21,24,25,26)/p+1/b3-1?,7-2+,16-11?/t6-,9-,10-,13-/m1/s1. The first-order valence-corrected chi connectivity index (χ1v) is 11.3. The van der Waals surface area contributed by atoms with E-state index in [1.54, 1.807) is 5.41 Å². The van der Waals surface area contributed by atoms with Gasteiger partial charge < -0.3 is 29.8 Å². The third-order valence-corrected chi connectivity index (χ3v) is 5.34. The Kier molecular flexibility index (Phi) is 7.16. The maximum Gasteiger partial charge on any atom is 0.469 e. The van der Waals surface area contributed by atoms with Crippen LogP contribution in [0.15, 0.2) is 37.2 Å². The quantitative estimate of drug-likeness (QED) is 0.118. The Morgan fingerprint density at radius 2 is 2.13 bits per heavy atom. The zero-order valence-corrected chi connectivity index (χ0v) is 18.1. The lowest BCUT2D eigenvalue weighted by molar-refractivity contribution is -0.517. The summed E-state index contributed by atoms with van der Waals surface area (Å²) in [6.45, 7) is -0.649. The molecule has 3 aliphatic rings. The molecule has 6 N–H and O–H groups in total. The summed E-state index contributed by atoms with van der Waals surface area (Å²) in [5.74, 6) is -0.0273. The van der Waals surface area contributed by atoms with Crippen LogP contribution in [-0.4, -0.2) is 89.7 Å². The molecule has 30 heavy (non-hydrogen) atoms. The second-order valence-electron chi connectivity index (χ2n) is 5.95. The van der Waals surface area contributed by atoms with Crippen molar-refractivity contribution in [2.75, 3.05) is 6.61 Å². The molecule has 0 aromatic carbocycles. The van der Waals surface area contributed by atoms with Crippen LogP contribution in [0.2, 0.25) is 0 Å². The van der Waals surface area contributed by atoms with Gasteiger partial charge in [0, 0.05) is 0 Å². The van der Waals surface area contributed by atoms with Gasteiger partial charge in [0.05, 0.1) is 6.61 Å². The van der Waals surface area contributed by atoms with Crippen molar-refractivity contribution in [2.24, 2.45) is 15.0 Å². The molecule has 3 rings (SSSR count). The van der Waals surface area contributed by atoms with Crippen LogP contribution in [0.3, 0.4) is 0 Å². The fraction of sp³-hybridized carbons (Fsp3) is 0.357. The van der Waals surface area contributed by atoms with Crippen LogP contribution in [0, 0.1) is 5.41 Å². The van der Waals surface area contributed by atoms with Crippen LogP contribution in [-0.2, 0) is 13.8 Å². The van der Waals surface area contributed by atoms with E-state index in [-0.39, 0.29) is 27.2 Å². The normalized spacial score (nSPS) is 29.6. The van der Waals surface area contributed by atoms with Gasteiger partial charge in [0.25, 0.3) is 10.9 Å². The topological polar surface area (TPSA) is 201 Å². The Morgan fingerprint density at radius 1 is 1.40 bits per heavy atom. The summed E-state index contributed by atoms with van der Waals surface area (Å²) in [6.07, 6.45) is -1.22. The highest BCUT2D eigenvalue weighted by Crippen LogP contribution is 2.37. The highest BCUT2D eigenvalue weighted by Gasteiger charge is 2.50. The Hall–Kier alpha value is -1.55. The van der Waals surface area contributed by atoms with Crippen molar-refractivity contribution < 1.29 is 43.5 Å². The number of halogens is 1. The molecule has 1 saturated heterocycles. The summed E-state index contributed by atoms with van der Waals surface area (Å²) in [7, 11) is -4.79. The van der Waals surface area contributed by atoms with Crippen LogP contribution >= 0.6 is 35.5 Å². The van der Waals surface area contributed by atoms with E-state index in [0.717, 1.165) is 11.8 Å². The van der Waals surface area contributed by atoms with Gasteiger partial charge in [-0.05, 0) is 39.2 Å². The summed E-state index contributed by atoms with van der Waals surface area (Å²) in [5, 5.41) is 39.3. The minimum atomic E-state index is -4.79. The third-order valence-electron chi connectivity index (χ3n) is 3.91. The van der Waals surface area contributed by atoms with Crippen LogP contribution in [0.5, 0.6) is 0 Å². The molecule has 0 aromatic rings. The summed E-state index contributed by atoms with van der Waals surface area (Å²) < 4.78 is 22.0. The fourth-order valence-electron chi connectivity index (χ4n) is 2.62. The van der Waals surface area contributed by atoms with Crippen LogP contribution in [0.1, 0.15) is 0 Å². The molecule has 0 radical (unpaired) electrons. The first-order chi connectivity index (χ1) is 14.1. The van der Waals surface area contributed by atoms with Crippen LogP contribution in [0.25, 0.3) is 0 Å². The molecule has 0 saturated carbocycles. The number of aliphatic hydroxyl groups excluding tert-OH is 3. The Morgan fingerprint density at radius 3 is 2.80 bits per heavy atom. The molecule has 0 spiro atoms. The van der Waals surface area contributed by atoms with Gasteiger partial charge in [0.2, 0.25) is 12.6 Å². The number of amidine groups is 3. The zero-order valence-electron chi connectivity index (χ0n) is 14.8. The molecule has 4 atom stereocenters. The molecular weight excluding hydrogens is 509 g/mol. The number of allylic oxidation sites excluding steroid dienone is 2. The van der Waals surface area contributed by atoms with Gasteiger partial charge in [-0.2, -0.15) is 9.57 Å². The molecule has 3 aliphatic heterocycles. The average molecular weight is 525 g/mol. The van der Waals surface area contributed by atoms with Crippen molar-refractivity contribution in [1.82, 2.24) is 0 Å². The van der Waals surface area contributed by atoms with E-state index in [9.17, 15) is 14.8 Å². The molecule has 162 valence electrons. The molecular formula is C14H16BrN5O8PS+. The highest BCUT2D eigenvalue weighted by atomic mass is 79.9. The SMILES string of the molecule is N=C1N=C(SC=C/C=C(/O)Br)N=C2C1=NC=[N+]2[C@@H]1O[C@H](COP(=O)(O)O)[C@@H](O)[C@H]1O. The van der Waals surface area contributed by atoms with Gasteiger partial charge in [-0.15, -0.1) is 4.99 Å². The number of hydrogen-bond donors (Lipinski definition) is 6. The van der Waals surface area contributed by atoms with Crippen LogP contribution in [0.4, 0.5) is 0 Å². The Balaban J connectivity index is 1.75. The first-order valence-electron chi connectivity index (χ1n) is 8.12. The number of phosphoric ester groups is 1. The summed E-state index contributed by atoms with van der Waals surface area (Å²) in [4.78, 5) is 29.9. The molecule has 0 amide bonds. The number of aliphatic imine (C=N–C) groups is 3.